The van der Waals surface area contributed by atoms with Crippen molar-refractivity contribution in [3.8, 4) is 17.2 Å². The molecule has 1 amide bonds. The lowest BCUT2D eigenvalue weighted by molar-refractivity contribution is -0.118. The summed E-state index contributed by atoms with van der Waals surface area (Å²) in [7, 11) is 1.54. The number of hydrogen-bond donors (Lipinski definition) is 1. The van der Waals surface area contributed by atoms with Crippen LogP contribution in [0.4, 0.5) is 5.69 Å². The normalized spacial score (nSPS) is 10.0. The molecule has 0 saturated carbocycles. The van der Waals surface area contributed by atoms with Gasteiger partial charge < -0.3 is 19.5 Å². The first kappa shape index (κ1) is 18.3. The van der Waals surface area contributed by atoms with Crippen LogP contribution < -0.4 is 19.5 Å². The zero-order valence-electron chi connectivity index (χ0n) is 14.5. The maximum Gasteiger partial charge on any atom is 0.262 e. The Hall–Kier alpha value is -3.02. The molecular formula is C19H21NO5. The largest absolute Gasteiger partial charge is 0.495 e. The number of carbonyl (C=O) groups excluding carboxylic acids is 2. The molecule has 0 spiro atoms. The van der Waals surface area contributed by atoms with E-state index in [1.807, 2.05) is 26.0 Å². The number of nitrogens with one attached hydrogen (secondary N) is 1. The molecule has 2 aromatic rings. The summed E-state index contributed by atoms with van der Waals surface area (Å²) < 4.78 is 16.2. The summed E-state index contributed by atoms with van der Waals surface area (Å²) in [5.41, 5.74) is 2.06. The zero-order valence-corrected chi connectivity index (χ0v) is 14.5. The molecule has 2 rings (SSSR count). The quantitative estimate of drug-likeness (QED) is 0.745. The molecule has 0 atom stereocenters. The number of aldehydes is 1. The minimum Gasteiger partial charge on any atom is -0.495 e. The third-order valence-corrected chi connectivity index (χ3v) is 3.39. The fourth-order valence-corrected chi connectivity index (χ4v) is 2.23. The molecule has 25 heavy (non-hydrogen) atoms. The van der Waals surface area contributed by atoms with Gasteiger partial charge in [0.2, 0.25) is 0 Å². The highest BCUT2D eigenvalue weighted by Gasteiger charge is 2.11. The number of rotatable bonds is 8. The third-order valence-electron chi connectivity index (χ3n) is 3.39. The number of benzene rings is 2. The number of amides is 1. The highest BCUT2D eigenvalue weighted by atomic mass is 16.5. The number of ether oxygens (including phenoxy) is 3. The average Bonchev–Trinajstić information content (AvgIpc) is 2.61. The van der Waals surface area contributed by atoms with Crippen molar-refractivity contribution in [1.29, 1.82) is 0 Å². The van der Waals surface area contributed by atoms with Crippen LogP contribution in [-0.2, 0) is 4.79 Å². The number of hydrogen-bond acceptors (Lipinski definition) is 5. The highest BCUT2D eigenvalue weighted by Crippen LogP contribution is 2.28. The van der Waals surface area contributed by atoms with Gasteiger partial charge in [-0.25, -0.2) is 0 Å². The molecular weight excluding hydrogens is 322 g/mol. The van der Waals surface area contributed by atoms with Crippen LogP contribution in [0.3, 0.4) is 0 Å². The lowest BCUT2D eigenvalue weighted by Crippen LogP contribution is -2.20. The summed E-state index contributed by atoms with van der Waals surface area (Å²) in [6.45, 7) is 3.98. The van der Waals surface area contributed by atoms with Gasteiger partial charge in [0.25, 0.3) is 5.91 Å². The molecule has 0 saturated heterocycles. The molecule has 0 aromatic heterocycles. The zero-order chi connectivity index (χ0) is 18.2. The van der Waals surface area contributed by atoms with Crippen molar-refractivity contribution in [1.82, 2.24) is 0 Å². The van der Waals surface area contributed by atoms with Crippen molar-refractivity contribution >= 4 is 17.9 Å². The molecule has 6 nitrogen and oxygen atoms in total. The second kappa shape index (κ2) is 8.73. The molecule has 1 N–H and O–H groups in total. The van der Waals surface area contributed by atoms with Crippen LogP contribution in [0.25, 0.3) is 0 Å². The fourth-order valence-electron chi connectivity index (χ4n) is 2.23. The van der Waals surface area contributed by atoms with Crippen LogP contribution >= 0.6 is 0 Å². The van der Waals surface area contributed by atoms with E-state index in [2.05, 4.69) is 5.32 Å². The molecule has 0 fully saturated rings. The lowest BCUT2D eigenvalue weighted by Gasteiger charge is -2.14. The van der Waals surface area contributed by atoms with Crippen LogP contribution in [0.2, 0.25) is 0 Å². The Morgan fingerprint density at radius 1 is 1.08 bits per heavy atom. The standard InChI is InChI=1S/C19H21NO5/c1-4-24-18-10-14(11-21)6-8-17(18)25-12-19(22)20-15-9-13(2)5-7-16(15)23-3/h5-11H,4,12H2,1-3H3,(H,20,22). The molecule has 0 aliphatic heterocycles. The Balaban J connectivity index is 2.05. The van der Waals surface area contributed by atoms with Crippen molar-refractivity contribution in [2.75, 3.05) is 25.6 Å². The van der Waals surface area contributed by atoms with Gasteiger partial charge in [-0.3, -0.25) is 9.59 Å². The topological polar surface area (TPSA) is 73.9 Å². The van der Waals surface area contributed by atoms with Gasteiger partial charge in [-0.05, 0) is 49.7 Å². The number of methoxy groups -OCH3 is 1. The van der Waals surface area contributed by atoms with Crippen molar-refractivity contribution in [2.45, 2.75) is 13.8 Å². The lowest BCUT2D eigenvalue weighted by atomic mass is 10.2. The molecule has 0 aliphatic carbocycles. The second-order valence-corrected chi connectivity index (χ2v) is 5.30. The van der Waals surface area contributed by atoms with E-state index >= 15 is 0 Å². The molecule has 0 unspecified atom stereocenters. The number of carbonyl (C=O) groups is 2. The van der Waals surface area contributed by atoms with E-state index in [4.69, 9.17) is 14.2 Å². The van der Waals surface area contributed by atoms with Gasteiger partial charge >= 0.3 is 0 Å². The van der Waals surface area contributed by atoms with Crippen LogP contribution in [-0.4, -0.2) is 32.5 Å². The van der Waals surface area contributed by atoms with Crippen LogP contribution in [0, 0.1) is 6.92 Å². The second-order valence-electron chi connectivity index (χ2n) is 5.30. The monoisotopic (exact) mass is 343 g/mol. The molecule has 0 bridgehead atoms. The van der Waals surface area contributed by atoms with Gasteiger partial charge in [-0.1, -0.05) is 6.07 Å². The molecule has 2 aromatic carbocycles. The smallest absolute Gasteiger partial charge is 0.262 e. The first-order valence-corrected chi connectivity index (χ1v) is 7.86. The first-order chi connectivity index (χ1) is 12.1. The van der Waals surface area contributed by atoms with Crippen LogP contribution in [0.15, 0.2) is 36.4 Å². The third kappa shape index (κ3) is 4.97. The highest BCUT2D eigenvalue weighted by molar-refractivity contribution is 5.93. The molecule has 132 valence electrons. The minimum absolute atomic E-state index is 0.197. The van der Waals surface area contributed by atoms with E-state index in [0.29, 0.717) is 35.1 Å². The van der Waals surface area contributed by atoms with Crippen LogP contribution in [0.1, 0.15) is 22.8 Å². The number of anilines is 1. The molecule has 0 heterocycles. The SMILES string of the molecule is CCOc1cc(C=O)ccc1OCC(=O)Nc1cc(C)ccc1OC. The summed E-state index contributed by atoms with van der Waals surface area (Å²) in [6, 6.07) is 10.3. The molecule has 0 radical (unpaired) electrons. The van der Waals surface area contributed by atoms with Crippen molar-refractivity contribution in [3.63, 3.8) is 0 Å². The predicted octanol–water partition coefficient (Wildman–Crippen LogP) is 3.23. The van der Waals surface area contributed by atoms with Crippen molar-refractivity contribution in [2.24, 2.45) is 0 Å². The maximum absolute atomic E-state index is 12.2. The van der Waals surface area contributed by atoms with E-state index in [9.17, 15) is 9.59 Å². The van der Waals surface area contributed by atoms with Gasteiger partial charge in [0, 0.05) is 5.56 Å². The first-order valence-electron chi connectivity index (χ1n) is 7.86. The Bertz CT molecular complexity index is 757. The maximum atomic E-state index is 12.2. The van der Waals surface area contributed by atoms with Gasteiger partial charge in [0.15, 0.2) is 18.1 Å². The summed E-state index contributed by atoms with van der Waals surface area (Å²) in [6.07, 6.45) is 0.725. The van der Waals surface area contributed by atoms with Gasteiger partial charge in [0.1, 0.15) is 12.0 Å². The Kier molecular flexibility index (Phi) is 6.39. The fraction of sp³-hybridized carbons (Fsp3) is 0.263. The number of aryl methyl sites for hydroxylation is 1. The predicted molar refractivity (Wildman–Crippen MR) is 94.9 cm³/mol. The summed E-state index contributed by atoms with van der Waals surface area (Å²) >= 11 is 0. The van der Waals surface area contributed by atoms with E-state index in [1.165, 1.54) is 0 Å². The molecule has 0 aliphatic rings. The Labute approximate surface area is 146 Å². The van der Waals surface area contributed by atoms with E-state index in [-0.39, 0.29) is 12.5 Å². The average molecular weight is 343 g/mol. The Morgan fingerprint density at radius 2 is 1.84 bits per heavy atom. The Morgan fingerprint density at radius 3 is 2.52 bits per heavy atom. The van der Waals surface area contributed by atoms with Crippen molar-refractivity contribution < 1.29 is 23.8 Å². The summed E-state index contributed by atoms with van der Waals surface area (Å²) in [5.74, 6) is 1.07. The van der Waals surface area contributed by atoms with Crippen molar-refractivity contribution in [3.05, 3.63) is 47.5 Å². The van der Waals surface area contributed by atoms with Gasteiger partial charge in [-0.15, -0.1) is 0 Å². The van der Waals surface area contributed by atoms with Gasteiger partial charge in [0.05, 0.1) is 19.4 Å². The molecule has 6 heteroatoms. The van der Waals surface area contributed by atoms with Crippen LogP contribution in [0.5, 0.6) is 17.2 Å². The van der Waals surface area contributed by atoms with Gasteiger partial charge in [-0.2, -0.15) is 0 Å². The minimum atomic E-state index is -0.328. The van der Waals surface area contributed by atoms with E-state index in [1.54, 1.807) is 31.4 Å². The van der Waals surface area contributed by atoms with E-state index < -0.39 is 0 Å². The van der Waals surface area contributed by atoms with E-state index in [0.717, 1.165) is 11.8 Å². The summed E-state index contributed by atoms with van der Waals surface area (Å²) in [4.78, 5) is 23.0. The summed E-state index contributed by atoms with van der Waals surface area (Å²) in [5, 5.41) is 2.76.